The number of nitrogens with zero attached hydrogens (tertiary/aromatic N) is 2. The molecule has 1 heterocycles. The van der Waals surface area contributed by atoms with Crippen molar-refractivity contribution >= 4 is 33.2 Å². The molecule has 0 spiro atoms. The Bertz CT molecular complexity index is 687. The van der Waals surface area contributed by atoms with Gasteiger partial charge in [0.15, 0.2) is 5.96 Å². The predicted octanol–water partition coefficient (Wildman–Crippen LogP) is 3.38. The zero-order valence-corrected chi connectivity index (χ0v) is 16.6. The predicted molar refractivity (Wildman–Crippen MR) is 104 cm³/mol. The van der Waals surface area contributed by atoms with Crippen LogP contribution in [0.15, 0.2) is 33.9 Å². The average molecular weight is 411 g/mol. The first-order valence-electron chi connectivity index (χ1n) is 7.86. The lowest BCUT2D eigenvalue weighted by atomic mass is 10.2. The average Bonchev–Trinajstić information content (AvgIpc) is 3.06. The summed E-state index contributed by atoms with van der Waals surface area (Å²) in [6.07, 6.45) is 3.90. The number of rotatable bonds is 7. The molecular formula is C17H23BrN4OS. The summed E-state index contributed by atoms with van der Waals surface area (Å²) in [5.41, 5.74) is 1.07. The van der Waals surface area contributed by atoms with Gasteiger partial charge in [-0.05, 0) is 24.6 Å². The molecule has 0 saturated carbocycles. The molecule has 0 unspecified atom stereocenters. The van der Waals surface area contributed by atoms with E-state index in [-0.39, 0.29) is 0 Å². The van der Waals surface area contributed by atoms with Gasteiger partial charge in [-0.3, -0.25) is 4.99 Å². The minimum Gasteiger partial charge on any atom is -0.496 e. The molecule has 0 atom stereocenters. The second kappa shape index (κ2) is 9.64. The molecule has 2 N–H and O–H groups in total. The molecule has 0 amide bonds. The molecule has 0 aliphatic carbocycles. The number of hydrogen-bond donors (Lipinski definition) is 2. The van der Waals surface area contributed by atoms with Crippen molar-refractivity contribution < 1.29 is 4.74 Å². The number of ether oxygens (including phenoxy) is 1. The maximum absolute atomic E-state index is 5.39. The monoisotopic (exact) mass is 410 g/mol. The van der Waals surface area contributed by atoms with Crippen molar-refractivity contribution in [2.24, 2.45) is 4.99 Å². The van der Waals surface area contributed by atoms with E-state index < -0.39 is 0 Å². The van der Waals surface area contributed by atoms with Gasteiger partial charge in [-0.25, -0.2) is 4.98 Å². The van der Waals surface area contributed by atoms with Gasteiger partial charge >= 0.3 is 0 Å². The second-order valence-electron chi connectivity index (χ2n) is 5.13. The van der Waals surface area contributed by atoms with Crippen LogP contribution in [0.5, 0.6) is 5.75 Å². The van der Waals surface area contributed by atoms with Crippen LogP contribution in [-0.4, -0.2) is 31.6 Å². The molecule has 0 bridgehead atoms. The normalized spacial score (nSPS) is 11.4. The third kappa shape index (κ3) is 5.49. The summed E-state index contributed by atoms with van der Waals surface area (Å²) in [6.45, 7) is 3.59. The molecule has 0 fully saturated rings. The maximum Gasteiger partial charge on any atom is 0.191 e. The van der Waals surface area contributed by atoms with Crippen LogP contribution < -0.4 is 15.4 Å². The highest BCUT2D eigenvalue weighted by atomic mass is 79.9. The Morgan fingerprint density at radius 2 is 2.21 bits per heavy atom. The van der Waals surface area contributed by atoms with E-state index in [1.54, 1.807) is 25.5 Å². The van der Waals surface area contributed by atoms with Crippen molar-refractivity contribution in [3.63, 3.8) is 0 Å². The van der Waals surface area contributed by atoms with E-state index in [0.29, 0.717) is 6.54 Å². The molecule has 5 nitrogen and oxygen atoms in total. The number of guanidine groups is 1. The molecule has 0 aliphatic rings. The quantitative estimate of drug-likeness (QED) is 0.542. The van der Waals surface area contributed by atoms with E-state index >= 15 is 0 Å². The van der Waals surface area contributed by atoms with Crippen LogP contribution in [0, 0.1) is 0 Å². The molecule has 0 saturated heterocycles. The fraction of sp³-hybridized carbons (Fsp3) is 0.412. The van der Waals surface area contributed by atoms with E-state index in [0.717, 1.165) is 46.1 Å². The van der Waals surface area contributed by atoms with Crippen molar-refractivity contribution in [1.82, 2.24) is 15.6 Å². The Labute approximate surface area is 155 Å². The first kappa shape index (κ1) is 18.7. The van der Waals surface area contributed by atoms with E-state index in [4.69, 9.17) is 4.74 Å². The zero-order valence-electron chi connectivity index (χ0n) is 14.2. The highest BCUT2D eigenvalue weighted by Crippen LogP contribution is 2.22. The van der Waals surface area contributed by atoms with Gasteiger partial charge in [-0.2, -0.15) is 0 Å². The van der Waals surface area contributed by atoms with Crippen molar-refractivity contribution in [1.29, 1.82) is 0 Å². The van der Waals surface area contributed by atoms with Crippen LogP contribution in [0.1, 0.15) is 22.4 Å². The van der Waals surface area contributed by atoms with Crippen LogP contribution in [0.2, 0.25) is 0 Å². The summed E-state index contributed by atoms with van der Waals surface area (Å²) in [4.78, 5) is 10.0. The molecule has 1 aromatic heterocycles. The van der Waals surface area contributed by atoms with Crippen LogP contribution in [-0.2, 0) is 19.4 Å². The highest BCUT2D eigenvalue weighted by Gasteiger charge is 2.06. The van der Waals surface area contributed by atoms with Gasteiger partial charge in [0.05, 0.1) is 12.1 Å². The Morgan fingerprint density at radius 3 is 2.88 bits per heavy atom. The fourth-order valence-electron chi connectivity index (χ4n) is 2.20. The smallest absolute Gasteiger partial charge is 0.191 e. The van der Waals surface area contributed by atoms with E-state index in [2.05, 4.69) is 43.5 Å². The fourth-order valence-corrected chi connectivity index (χ4v) is 3.47. The van der Waals surface area contributed by atoms with Crippen LogP contribution >= 0.6 is 27.3 Å². The zero-order chi connectivity index (χ0) is 17.4. The van der Waals surface area contributed by atoms with Gasteiger partial charge in [0.25, 0.3) is 0 Å². The lowest BCUT2D eigenvalue weighted by Gasteiger charge is -2.13. The third-order valence-electron chi connectivity index (χ3n) is 3.49. The van der Waals surface area contributed by atoms with Gasteiger partial charge in [-0.15, -0.1) is 11.3 Å². The summed E-state index contributed by atoms with van der Waals surface area (Å²) in [6, 6.07) is 5.96. The first-order chi connectivity index (χ1) is 11.7. The third-order valence-corrected chi connectivity index (χ3v) is 5.19. The standard InChI is InChI=1S/C17H23BrN4OS/c1-4-14-11-21-16(24-14)7-8-20-17(19-2)22-10-12-9-13(18)5-6-15(12)23-3/h5-6,9,11H,4,7-8,10H2,1-3H3,(H2,19,20,22). The van der Waals surface area contributed by atoms with Crippen molar-refractivity contribution in [2.75, 3.05) is 20.7 Å². The summed E-state index contributed by atoms with van der Waals surface area (Å²) >= 11 is 5.27. The van der Waals surface area contributed by atoms with Crippen molar-refractivity contribution in [3.8, 4) is 5.75 Å². The van der Waals surface area contributed by atoms with Gasteiger partial charge in [0, 0.05) is 47.7 Å². The number of halogens is 1. The summed E-state index contributed by atoms with van der Waals surface area (Å²) in [7, 11) is 3.45. The number of benzene rings is 1. The highest BCUT2D eigenvalue weighted by molar-refractivity contribution is 9.10. The molecule has 7 heteroatoms. The lowest BCUT2D eigenvalue weighted by molar-refractivity contribution is 0.409. The number of hydrogen-bond acceptors (Lipinski definition) is 4. The largest absolute Gasteiger partial charge is 0.496 e. The van der Waals surface area contributed by atoms with E-state index in [1.165, 1.54) is 4.88 Å². The molecule has 2 rings (SSSR count). The first-order valence-corrected chi connectivity index (χ1v) is 9.47. The van der Waals surface area contributed by atoms with Gasteiger partial charge < -0.3 is 15.4 Å². The number of thiazole rings is 1. The Morgan fingerprint density at radius 1 is 1.38 bits per heavy atom. The number of aliphatic imine (C=N–C) groups is 1. The topological polar surface area (TPSA) is 58.5 Å². The van der Waals surface area contributed by atoms with Crippen LogP contribution in [0.25, 0.3) is 0 Å². The summed E-state index contributed by atoms with van der Waals surface area (Å²) in [5.74, 6) is 1.63. The Hall–Kier alpha value is -1.60. The Balaban J connectivity index is 1.83. The Kier molecular flexibility index (Phi) is 7.52. The molecule has 24 heavy (non-hydrogen) atoms. The number of aromatic nitrogens is 1. The van der Waals surface area contributed by atoms with Crippen molar-refractivity contribution in [3.05, 3.63) is 44.3 Å². The van der Waals surface area contributed by atoms with Crippen molar-refractivity contribution in [2.45, 2.75) is 26.3 Å². The molecular weight excluding hydrogens is 388 g/mol. The molecule has 2 aromatic rings. The van der Waals surface area contributed by atoms with Gasteiger partial charge in [0.2, 0.25) is 0 Å². The number of nitrogens with one attached hydrogen (secondary N) is 2. The molecule has 130 valence electrons. The van der Waals surface area contributed by atoms with E-state index in [9.17, 15) is 0 Å². The van der Waals surface area contributed by atoms with Gasteiger partial charge in [-0.1, -0.05) is 22.9 Å². The minimum atomic E-state index is 0.638. The number of methoxy groups -OCH3 is 1. The summed E-state index contributed by atoms with van der Waals surface area (Å²) in [5, 5.41) is 7.79. The maximum atomic E-state index is 5.39. The lowest BCUT2D eigenvalue weighted by Crippen LogP contribution is -2.37. The van der Waals surface area contributed by atoms with Crippen LogP contribution in [0.4, 0.5) is 0 Å². The SMILES string of the molecule is CCc1cnc(CCNC(=NC)NCc2cc(Br)ccc2OC)s1. The molecule has 0 aliphatic heterocycles. The summed E-state index contributed by atoms with van der Waals surface area (Å²) < 4.78 is 6.42. The second-order valence-corrected chi connectivity index (χ2v) is 7.25. The van der Waals surface area contributed by atoms with Crippen LogP contribution in [0.3, 0.4) is 0 Å². The number of aryl methyl sites for hydroxylation is 1. The molecule has 0 radical (unpaired) electrons. The molecule has 1 aromatic carbocycles. The van der Waals surface area contributed by atoms with Gasteiger partial charge in [0.1, 0.15) is 5.75 Å². The minimum absolute atomic E-state index is 0.638. The van der Waals surface area contributed by atoms with E-state index in [1.807, 2.05) is 24.4 Å².